The van der Waals surface area contributed by atoms with E-state index in [0.717, 1.165) is 36.0 Å². The molecule has 23 heavy (non-hydrogen) atoms. The number of hydrogen-bond donors (Lipinski definition) is 1. The van der Waals surface area contributed by atoms with Crippen molar-refractivity contribution in [1.82, 2.24) is 0 Å². The van der Waals surface area contributed by atoms with E-state index in [2.05, 4.69) is 34.6 Å². The van der Waals surface area contributed by atoms with Gasteiger partial charge in [0.05, 0.1) is 6.10 Å². The Morgan fingerprint density at radius 1 is 1.22 bits per heavy atom. The highest BCUT2D eigenvalue weighted by Gasteiger charge is 2.54. The van der Waals surface area contributed by atoms with Crippen LogP contribution in [0.15, 0.2) is 34.4 Å². The van der Waals surface area contributed by atoms with E-state index in [1.165, 1.54) is 5.57 Å². The lowest BCUT2D eigenvalue weighted by molar-refractivity contribution is -0.113. The van der Waals surface area contributed by atoms with Crippen molar-refractivity contribution in [2.75, 3.05) is 0 Å². The molecule has 0 saturated heterocycles. The second-order valence-corrected chi connectivity index (χ2v) is 8.93. The minimum absolute atomic E-state index is 0.0901. The highest BCUT2D eigenvalue weighted by atomic mass is 16.3. The Morgan fingerprint density at radius 2 is 1.87 bits per heavy atom. The fourth-order valence-electron chi connectivity index (χ4n) is 5.65. The maximum atomic E-state index is 12.9. The van der Waals surface area contributed by atoms with Crippen molar-refractivity contribution in [1.29, 1.82) is 0 Å². The Bertz CT molecular complexity index is 645. The molecule has 0 aromatic carbocycles. The van der Waals surface area contributed by atoms with E-state index in [0.29, 0.717) is 0 Å². The molecule has 126 valence electrons. The van der Waals surface area contributed by atoms with Gasteiger partial charge in [0, 0.05) is 17.1 Å². The number of carbonyl (C=O) groups excluding carboxylic acids is 1. The van der Waals surface area contributed by atoms with Crippen LogP contribution in [0.3, 0.4) is 0 Å². The molecule has 3 atom stereocenters. The fraction of sp³-hybridized carbons (Fsp3) is 0.667. The van der Waals surface area contributed by atoms with E-state index in [1.54, 1.807) is 0 Å². The van der Waals surface area contributed by atoms with E-state index < -0.39 is 6.10 Å². The molecule has 0 heterocycles. The number of aliphatic hydroxyl groups is 1. The van der Waals surface area contributed by atoms with E-state index in [1.807, 2.05) is 19.1 Å². The fourth-order valence-corrected chi connectivity index (χ4v) is 5.65. The van der Waals surface area contributed by atoms with E-state index >= 15 is 0 Å². The lowest BCUT2D eigenvalue weighted by atomic mass is 9.48. The van der Waals surface area contributed by atoms with Gasteiger partial charge in [-0.25, -0.2) is 0 Å². The van der Waals surface area contributed by atoms with Crippen LogP contribution >= 0.6 is 0 Å². The van der Waals surface area contributed by atoms with Gasteiger partial charge in [0.15, 0.2) is 5.78 Å². The molecule has 0 amide bonds. The predicted octanol–water partition coefficient (Wildman–Crippen LogP) is 4.60. The number of rotatable bonds is 1. The largest absolute Gasteiger partial charge is 0.389 e. The lowest BCUT2D eigenvalue weighted by Crippen LogP contribution is -2.52. The second-order valence-electron chi connectivity index (χ2n) is 8.93. The minimum atomic E-state index is -0.431. The third-order valence-corrected chi connectivity index (χ3v) is 6.51. The van der Waals surface area contributed by atoms with Gasteiger partial charge < -0.3 is 5.11 Å². The summed E-state index contributed by atoms with van der Waals surface area (Å²) in [6, 6.07) is 0. The average Bonchev–Trinajstić information content (AvgIpc) is 2.40. The maximum Gasteiger partial charge on any atom is 0.185 e. The third-order valence-electron chi connectivity index (χ3n) is 6.51. The molecule has 1 N–H and O–H groups in total. The van der Waals surface area contributed by atoms with Gasteiger partial charge in [-0.1, -0.05) is 41.0 Å². The summed E-state index contributed by atoms with van der Waals surface area (Å²) in [5, 5.41) is 10.9. The van der Waals surface area contributed by atoms with E-state index in [4.69, 9.17) is 0 Å². The molecule has 0 aromatic rings. The summed E-state index contributed by atoms with van der Waals surface area (Å²) in [7, 11) is 0. The van der Waals surface area contributed by atoms with Crippen LogP contribution in [0.4, 0.5) is 0 Å². The molecule has 2 nitrogen and oxygen atoms in total. The molecule has 0 aliphatic heterocycles. The molecule has 0 bridgehead atoms. The molecule has 3 rings (SSSR count). The number of hydrogen-bond acceptors (Lipinski definition) is 2. The normalized spacial score (nSPS) is 36.4. The van der Waals surface area contributed by atoms with Crippen LogP contribution in [0.2, 0.25) is 0 Å². The molecule has 2 heteroatoms. The molecular formula is C21H30O2. The van der Waals surface area contributed by atoms with Gasteiger partial charge in [0.25, 0.3) is 0 Å². The molecule has 1 saturated carbocycles. The first-order valence-electron chi connectivity index (χ1n) is 8.97. The standard InChI is InChI=1S/C21H30O2/c1-12(2)15-10-14-11-16(22)19-20(4,5)8-7-9-21(19,6)17(14)13(3)18(15)23/h10-12,16,19,22H,7-9H2,1-6H3. The van der Waals surface area contributed by atoms with Gasteiger partial charge in [-0.15, -0.1) is 0 Å². The molecule has 0 aromatic heterocycles. The van der Waals surface area contributed by atoms with E-state index in [-0.39, 0.29) is 28.4 Å². The first-order chi connectivity index (χ1) is 10.6. The summed E-state index contributed by atoms with van der Waals surface area (Å²) < 4.78 is 0. The third kappa shape index (κ3) is 2.29. The van der Waals surface area contributed by atoms with Gasteiger partial charge in [-0.05, 0) is 59.8 Å². The monoisotopic (exact) mass is 314 g/mol. The van der Waals surface area contributed by atoms with Crippen LogP contribution in [0.25, 0.3) is 0 Å². The number of Topliss-reactive ketones (excluding diaryl/α,β-unsaturated/α-hetero) is 1. The van der Waals surface area contributed by atoms with Crippen molar-refractivity contribution >= 4 is 5.78 Å². The summed E-state index contributed by atoms with van der Waals surface area (Å²) in [5.74, 6) is 0.594. The van der Waals surface area contributed by atoms with E-state index in [9.17, 15) is 9.90 Å². The van der Waals surface area contributed by atoms with Gasteiger partial charge in [0.2, 0.25) is 0 Å². The maximum absolute atomic E-state index is 12.9. The van der Waals surface area contributed by atoms with Crippen molar-refractivity contribution in [3.8, 4) is 0 Å². The van der Waals surface area contributed by atoms with Crippen molar-refractivity contribution in [3.05, 3.63) is 34.4 Å². The Kier molecular flexibility index (Phi) is 3.76. The highest BCUT2D eigenvalue weighted by molar-refractivity contribution is 6.11. The quantitative estimate of drug-likeness (QED) is 0.768. The van der Waals surface area contributed by atoms with Crippen LogP contribution in [-0.4, -0.2) is 17.0 Å². The molecular weight excluding hydrogens is 284 g/mol. The molecule has 3 aliphatic carbocycles. The van der Waals surface area contributed by atoms with Crippen LogP contribution in [0.5, 0.6) is 0 Å². The smallest absolute Gasteiger partial charge is 0.185 e. The van der Waals surface area contributed by atoms with Crippen molar-refractivity contribution in [2.24, 2.45) is 22.7 Å². The highest BCUT2D eigenvalue weighted by Crippen LogP contribution is 2.61. The Labute approximate surface area is 140 Å². The number of allylic oxidation sites excluding steroid dienone is 5. The topological polar surface area (TPSA) is 37.3 Å². The van der Waals surface area contributed by atoms with Gasteiger partial charge in [-0.2, -0.15) is 0 Å². The summed E-state index contributed by atoms with van der Waals surface area (Å²) in [6.45, 7) is 12.9. The number of ketones is 1. The van der Waals surface area contributed by atoms with Crippen LogP contribution in [-0.2, 0) is 4.79 Å². The summed E-state index contributed by atoms with van der Waals surface area (Å²) >= 11 is 0. The average molecular weight is 314 g/mol. The van der Waals surface area contributed by atoms with Crippen molar-refractivity contribution in [2.45, 2.75) is 66.9 Å². The zero-order valence-corrected chi connectivity index (χ0v) is 15.4. The number of carbonyl (C=O) groups is 1. The first-order valence-corrected chi connectivity index (χ1v) is 8.97. The van der Waals surface area contributed by atoms with Gasteiger partial charge in [-0.3, -0.25) is 4.79 Å². The van der Waals surface area contributed by atoms with Crippen LogP contribution in [0.1, 0.15) is 60.8 Å². The molecule has 0 spiro atoms. The van der Waals surface area contributed by atoms with Crippen LogP contribution in [0, 0.1) is 22.7 Å². The Morgan fingerprint density at radius 3 is 2.48 bits per heavy atom. The summed E-state index contributed by atoms with van der Waals surface area (Å²) in [6.07, 6.45) is 6.97. The Hall–Kier alpha value is -1.15. The zero-order chi connectivity index (χ0) is 17.2. The molecule has 1 fully saturated rings. The SMILES string of the molecule is CC1=C2C(=CC(O)C3C(C)(C)CCCC23C)C=C(C(C)C)C1=O. The Balaban J connectivity index is 2.22. The van der Waals surface area contributed by atoms with Crippen molar-refractivity contribution in [3.63, 3.8) is 0 Å². The summed E-state index contributed by atoms with van der Waals surface area (Å²) in [5.41, 5.74) is 4.06. The van der Waals surface area contributed by atoms with Gasteiger partial charge in [0.1, 0.15) is 0 Å². The number of aliphatic hydroxyl groups excluding tert-OH is 1. The van der Waals surface area contributed by atoms with Crippen LogP contribution < -0.4 is 0 Å². The zero-order valence-electron chi connectivity index (χ0n) is 15.4. The minimum Gasteiger partial charge on any atom is -0.389 e. The number of fused-ring (bicyclic) bond motifs is 3. The predicted molar refractivity (Wildman–Crippen MR) is 93.9 cm³/mol. The summed E-state index contributed by atoms with van der Waals surface area (Å²) in [4.78, 5) is 12.9. The first kappa shape index (κ1) is 16.7. The van der Waals surface area contributed by atoms with Gasteiger partial charge >= 0.3 is 0 Å². The lowest BCUT2D eigenvalue weighted by Gasteiger charge is -2.56. The van der Waals surface area contributed by atoms with Crippen molar-refractivity contribution < 1.29 is 9.90 Å². The molecule has 0 radical (unpaired) electrons. The molecule has 3 aliphatic rings. The molecule has 3 unspecified atom stereocenters. The second kappa shape index (κ2) is 5.17.